The van der Waals surface area contributed by atoms with Crippen LogP contribution in [0, 0.1) is 6.92 Å². The molecule has 0 spiro atoms. The molecule has 0 aliphatic carbocycles. The summed E-state index contributed by atoms with van der Waals surface area (Å²) in [6.07, 6.45) is 0. The standard InChI is InChI=1S/C19H15Br2NO2/c1-12-17(19(23)24-2)11-18(13-3-5-14(20)6-4-13)22(12)16-9-7-15(21)8-10-16/h3-11H,1-2H3. The van der Waals surface area contributed by atoms with Crippen LogP contribution in [0.5, 0.6) is 0 Å². The Balaban J connectivity index is 2.24. The molecule has 2 aromatic carbocycles. The summed E-state index contributed by atoms with van der Waals surface area (Å²) in [6, 6.07) is 17.9. The zero-order valence-electron chi connectivity index (χ0n) is 13.2. The lowest BCUT2D eigenvalue weighted by Gasteiger charge is -2.12. The number of ether oxygens (including phenoxy) is 1. The van der Waals surface area contributed by atoms with Crippen LogP contribution in [0.3, 0.4) is 0 Å². The maximum absolute atomic E-state index is 12.1. The van der Waals surface area contributed by atoms with Gasteiger partial charge >= 0.3 is 5.97 Å². The fraction of sp³-hybridized carbons (Fsp3) is 0.105. The number of carbonyl (C=O) groups excluding carboxylic acids is 1. The number of carbonyl (C=O) groups is 1. The molecule has 0 aliphatic rings. The Morgan fingerprint density at radius 2 is 1.50 bits per heavy atom. The molecule has 3 rings (SSSR count). The molecule has 3 nitrogen and oxygen atoms in total. The fourth-order valence-corrected chi connectivity index (χ4v) is 3.21. The number of benzene rings is 2. The van der Waals surface area contributed by atoms with E-state index in [2.05, 4.69) is 36.4 Å². The van der Waals surface area contributed by atoms with E-state index >= 15 is 0 Å². The predicted octanol–water partition coefficient (Wildman–Crippen LogP) is 5.76. The second-order valence-electron chi connectivity index (χ2n) is 5.34. The van der Waals surface area contributed by atoms with Gasteiger partial charge in [0.05, 0.1) is 18.4 Å². The first kappa shape index (κ1) is 17.0. The normalized spacial score (nSPS) is 10.7. The SMILES string of the molecule is COC(=O)c1cc(-c2ccc(Br)cc2)n(-c2ccc(Br)cc2)c1C. The quantitative estimate of drug-likeness (QED) is 0.476. The molecule has 1 heterocycles. The van der Waals surface area contributed by atoms with Crippen molar-refractivity contribution in [3.8, 4) is 16.9 Å². The second kappa shape index (κ2) is 6.95. The van der Waals surface area contributed by atoms with Gasteiger partial charge in [0.2, 0.25) is 0 Å². The van der Waals surface area contributed by atoms with E-state index in [-0.39, 0.29) is 5.97 Å². The van der Waals surface area contributed by atoms with E-state index in [1.165, 1.54) is 7.11 Å². The van der Waals surface area contributed by atoms with Gasteiger partial charge in [-0.3, -0.25) is 0 Å². The molecule has 0 saturated heterocycles. The van der Waals surface area contributed by atoms with E-state index in [0.717, 1.165) is 31.6 Å². The lowest BCUT2D eigenvalue weighted by molar-refractivity contribution is 0.0600. The maximum atomic E-state index is 12.1. The third kappa shape index (κ3) is 3.19. The number of rotatable bonds is 3. The molecule has 0 fully saturated rings. The minimum atomic E-state index is -0.332. The number of nitrogens with zero attached hydrogens (tertiary/aromatic N) is 1. The van der Waals surface area contributed by atoms with Crippen LogP contribution < -0.4 is 0 Å². The van der Waals surface area contributed by atoms with E-state index in [9.17, 15) is 4.79 Å². The number of hydrogen-bond donors (Lipinski definition) is 0. The molecule has 0 atom stereocenters. The zero-order chi connectivity index (χ0) is 17.3. The monoisotopic (exact) mass is 447 g/mol. The molecular weight excluding hydrogens is 434 g/mol. The average molecular weight is 449 g/mol. The summed E-state index contributed by atoms with van der Waals surface area (Å²) in [5.41, 5.74) is 4.38. The van der Waals surface area contributed by atoms with Crippen LogP contribution in [0.25, 0.3) is 16.9 Å². The van der Waals surface area contributed by atoms with Gasteiger partial charge in [-0.15, -0.1) is 0 Å². The number of halogens is 2. The smallest absolute Gasteiger partial charge is 0.339 e. The van der Waals surface area contributed by atoms with Gasteiger partial charge in [0.25, 0.3) is 0 Å². The lowest BCUT2D eigenvalue weighted by Crippen LogP contribution is -2.04. The van der Waals surface area contributed by atoms with Gasteiger partial charge in [-0.2, -0.15) is 0 Å². The minimum absolute atomic E-state index is 0.332. The molecule has 0 amide bonds. The van der Waals surface area contributed by atoms with Crippen molar-refractivity contribution in [1.82, 2.24) is 4.57 Å². The molecule has 24 heavy (non-hydrogen) atoms. The van der Waals surface area contributed by atoms with Crippen molar-refractivity contribution in [2.45, 2.75) is 6.92 Å². The van der Waals surface area contributed by atoms with Crippen molar-refractivity contribution in [3.05, 3.63) is 74.8 Å². The minimum Gasteiger partial charge on any atom is -0.465 e. The van der Waals surface area contributed by atoms with E-state index in [0.29, 0.717) is 5.56 Å². The van der Waals surface area contributed by atoms with E-state index in [4.69, 9.17) is 4.74 Å². The Labute approximate surface area is 157 Å². The first-order chi connectivity index (χ1) is 11.5. The number of aromatic nitrogens is 1. The van der Waals surface area contributed by atoms with Gasteiger partial charge in [0, 0.05) is 20.3 Å². The van der Waals surface area contributed by atoms with Crippen molar-refractivity contribution in [2.24, 2.45) is 0 Å². The average Bonchev–Trinajstić information content (AvgIpc) is 2.93. The highest BCUT2D eigenvalue weighted by Gasteiger charge is 2.20. The molecule has 3 aromatic rings. The third-order valence-electron chi connectivity index (χ3n) is 3.88. The summed E-state index contributed by atoms with van der Waals surface area (Å²) in [6.45, 7) is 1.93. The molecule has 122 valence electrons. The van der Waals surface area contributed by atoms with Crippen LogP contribution >= 0.6 is 31.9 Å². The first-order valence-corrected chi connectivity index (χ1v) is 8.92. The van der Waals surface area contributed by atoms with Crippen LogP contribution in [0.1, 0.15) is 16.1 Å². The van der Waals surface area contributed by atoms with Gasteiger partial charge in [-0.25, -0.2) is 4.79 Å². The second-order valence-corrected chi connectivity index (χ2v) is 7.17. The van der Waals surface area contributed by atoms with Gasteiger partial charge in [-0.05, 0) is 55.0 Å². The Morgan fingerprint density at radius 3 is 2.04 bits per heavy atom. The molecule has 0 saturated carbocycles. The summed E-state index contributed by atoms with van der Waals surface area (Å²) in [7, 11) is 1.40. The highest BCUT2D eigenvalue weighted by Crippen LogP contribution is 2.31. The largest absolute Gasteiger partial charge is 0.465 e. The lowest BCUT2D eigenvalue weighted by atomic mass is 10.1. The Hall–Kier alpha value is -1.85. The summed E-state index contributed by atoms with van der Waals surface area (Å²) in [5, 5.41) is 0. The van der Waals surface area contributed by atoms with Crippen molar-refractivity contribution >= 4 is 37.8 Å². The molecule has 0 unspecified atom stereocenters. The maximum Gasteiger partial charge on any atom is 0.339 e. The van der Waals surface area contributed by atoms with Crippen LogP contribution in [0.15, 0.2) is 63.5 Å². The Bertz CT molecular complexity index is 881. The van der Waals surface area contributed by atoms with Crippen molar-refractivity contribution < 1.29 is 9.53 Å². The molecule has 0 aliphatic heterocycles. The van der Waals surface area contributed by atoms with Gasteiger partial charge in [-0.1, -0.05) is 44.0 Å². The summed E-state index contributed by atoms with van der Waals surface area (Å²) >= 11 is 6.92. The number of esters is 1. The zero-order valence-corrected chi connectivity index (χ0v) is 16.4. The number of hydrogen-bond acceptors (Lipinski definition) is 2. The summed E-state index contributed by atoms with van der Waals surface area (Å²) < 4.78 is 9.02. The summed E-state index contributed by atoms with van der Waals surface area (Å²) in [5.74, 6) is -0.332. The van der Waals surface area contributed by atoms with Crippen molar-refractivity contribution in [2.75, 3.05) is 7.11 Å². The highest BCUT2D eigenvalue weighted by molar-refractivity contribution is 9.10. The molecule has 5 heteroatoms. The van der Waals surface area contributed by atoms with Gasteiger partial charge in [0.15, 0.2) is 0 Å². The van der Waals surface area contributed by atoms with Crippen molar-refractivity contribution in [3.63, 3.8) is 0 Å². The first-order valence-electron chi connectivity index (χ1n) is 7.34. The van der Waals surface area contributed by atoms with E-state index < -0.39 is 0 Å². The van der Waals surface area contributed by atoms with Crippen LogP contribution in [-0.4, -0.2) is 17.6 Å². The fourth-order valence-electron chi connectivity index (χ4n) is 2.68. The highest BCUT2D eigenvalue weighted by atomic mass is 79.9. The topological polar surface area (TPSA) is 31.2 Å². The van der Waals surface area contributed by atoms with E-state index in [1.54, 1.807) is 0 Å². The Morgan fingerprint density at radius 1 is 0.958 bits per heavy atom. The molecule has 1 aromatic heterocycles. The van der Waals surface area contributed by atoms with Crippen LogP contribution in [0.2, 0.25) is 0 Å². The predicted molar refractivity (Wildman–Crippen MR) is 103 cm³/mol. The van der Waals surface area contributed by atoms with Gasteiger partial charge < -0.3 is 9.30 Å². The summed E-state index contributed by atoms with van der Waals surface area (Å²) in [4.78, 5) is 12.1. The van der Waals surface area contributed by atoms with Gasteiger partial charge in [0.1, 0.15) is 0 Å². The van der Waals surface area contributed by atoms with Crippen LogP contribution in [0.4, 0.5) is 0 Å². The Kier molecular flexibility index (Phi) is 4.92. The molecule has 0 bridgehead atoms. The van der Waals surface area contributed by atoms with E-state index in [1.807, 2.05) is 61.5 Å². The van der Waals surface area contributed by atoms with Crippen LogP contribution in [-0.2, 0) is 4.74 Å². The molecule has 0 radical (unpaired) electrons. The number of methoxy groups -OCH3 is 1. The van der Waals surface area contributed by atoms with Crippen molar-refractivity contribution in [1.29, 1.82) is 0 Å². The molecular formula is C19H15Br2NO2. The third-order valence-corrected chi connectivity index (χ3v) is 4.93. The molecule has 0 N–H and O–H groups in total.